The molecule has 0 heterocycles. The van der Waals surface area contributed by atoms with Gasteiger partial charge in [-0.25, -0.2) is 9.59 Å². The van der Waals surface area contributed by atoms with Gasteiger partial charge in [0, 0.05) is 11.6 Å². The number of rotatable bonds is 5. The van der Waals surface area contributed by atoms with Gasteiger partial charge >= 0.3 is 11.9 Å². The zero-order valence-corrected chi connectivity index (χ0v) is 11.2. The molecular weight excluding hydrogens is 232 g/mol. The second-order valence-electron chi connectivity index (χ2n) is 4.41. The Hall–Kier alpha value is -1.32. The van der Waals surface area contributed by atoms with E-state index in [1.165, 1.54) is 12.5 Å². The van der Waals surface area contributed by atoms with Crippen molar-refractivity contribution in [3.63, 3.8) is 0 Å². The SMILES string of the molecule is CCOC(=O)C=C(C(=O)OCC)C1CCCCC1. The van der Waals surface area contributed by atoms with Crippen molar-refractivity contribution in [2.75, 3.05) is 13.2 Å². The third-order valence-corrected chi connectivity index (χ3v) is 3.12. The number of hydrogen-bond acceptors (Lipinski definition) is 4. The van der Waals surface area contributed by atoms with Crippen LogP contribution in [0.4, 0.5) is 0 Å². The minimum absolute atomic E-state index is 0.141. The number of hydrogen-bond donors (Lipinski definition) is 0. The summed E-state index contributed by atoms with van der Waals surface area (Å²) in [5.74, 6) is -0.689. The van der Waals surface area contributed by atoms with E-state index < -0.39 is 5.97 Å². The molecule has 0 aliphatic heterocycles. The smallest absolute Gasteiger partial charge is 0.334 e. The Morgan fingerprint density at radius 1 is 1.06 bits per heavy atom. The van der Waals surface area contributed by atoms with Crippen LogP contribution in [-0.4, -0.2) is 25.2 Å². The highest BCUT2D eigenvalue weighted by molar-refractivity contribution is 5.96. The molecule has 0 aromatic carbocycles. The summed E-state index contributed by atoms with van der Waals surface area (Å²) in [7, 11) is 0. The van der Waals surface area contributed by atoms with Gasteiger partial charge in [0.15, 0.2) is 0 Å². The van der Waals surface area contributed by atoms with E-state index in [2.05, 4.69) is 0 Å². The van der Waals surface area contributed by atoms with Gasteiger partial charge < -0.3 is 9.47 Å². The zero-order chi connectivity index (χ0) is 13.4. The molecule has 1 aliphatic rings. The van der Waals surface area contributed by atoms with E-state index in [1.54, 1.807) is 13.8 Å². The fourth-order valence-electron chi connectivity index (χ4n) is 2.28. The van der Waals surface area contributed by atoms with Crippen LogP contribution in [-0.2, 0) is 19.1 Å². The van der Waals surface area contributed by atoms with E-state index in [-0.39, 0.29) is 11.9 Å². The molecule has 0 saturated heterocycles. The summed E-state index contributed by atoms with van der Waals surface area (Å²) >= 11 is 0. The molecule has 0 atom stereocenters. The first kappa shape index (κ1) is 14.7. The van der Waals surface area contributed by atoms with Gasteiger partial charge in [0.25, 0.3) is 0 Å². The standard InChI is InChI=1S/C14H22O4/c1-3-17-13(15)10-12(14(16)18-4-2)11-8-6-5-7-9-11/h10-11H,3-9H2,1-2H3. The van der Waals surface area contributed by atoms with Crippen molar-refractivity contribution in [2.45, 2.75) is 46.0 Å². The molecule has 0 aromatic rings. The molecule has 18 heavy (non-hydrogen) atoms. The average molecular weight is 254 g/mol. The summed E-state index contributed by atoms with van der Waals surface area (Å²) in [6, 6.07) is 0. The second kappa shape index (κ2) is 7.90. The van der Waals surface area contributed by atoms with Crippen LogP contribution in [0.2, 0.25) is 0 Å². The number of carbonyl (C=O) groups is 2. The lowest BCUT2D eigenvalue weighted by molar-refractivity contribution is -0.141. The van der Waals surface area contributed by atoms with Gasteiger partial charge in [0.1, 0.15) is 0 Å². The van der Waals surface area contributed by atoms with E-state index in [0.29, 0.717) is 18.8 Å². The first-order valence-corrected chi connectivity index (χ1v) is 6.74. The third kappa shape index (κ3) is 4.51. The normalized spacial score (nSPS) is 17.3. The highest BCUT2D eigenvalue weighted by Crippen LogP contribution is 2.30. The molecular formula is C14H22O4. The largest absolute Gasteiger partial charge is 0.463 e. The van der Waals surface area contributed by atoms with Crippen LogP contribution in [0.5, 0.6) is 0 Å². The van der Waals surface area contributed by atoms with Gasteiger partial charge in [-0.2, -0.15) is 0 Å². The number of carbonyl (C=O) groups excluding carboxylic acids is 2. The van der Waals surface area contributed by atoms with Crippen molar-refractivity contribution in [1.82, 2.24) is 0 Å². The van der Waals surface area contributed by atoms with Crippen LogP contribution >= 0.6 is 0 Å². The maximum absolute atomic E-state index is 11.9. The van der Waals surface area contributed by atoms with Gasteiger partial charge in [-0.05, 0) is 32.6 Å². The molecule has 1 fully saturated rings. The minimum Gasteiger partial charge on any atom is -0.463 e. The molecule has 0 spiro atoms. The highest BCUT2D eigenvalue weighted by atomic mass is 16.5. The van der Waals surface area contributed by atoms with Gasteiger partial charge in [0.2, 0.25) is 0 Å². The summed E-state index contributed by atoms with van der Waals surface area (Å²) in [4.78, 5) is 23.4. The van der Waals surface area contributed by atoms with Crippen LogP contribution in [0.3, 0.4) is 0 Å². The van der Waals surface area contributed by atoms with Gasteiger partial charge in [-0.3, -0.25) is 0 Å². The summed E-state index contributed by atoms with van der Waals surface area (Å²) in [5, 5.41) is 0. The Bertz CT molecular complexity index is 314. The molecule has 4 nitrogen and oxygen atoms in total. The number of esters is 2. The quantitative estimate of drug-likeness (QED) is 0.559. The molecule has 1 saturated carbocycles. The predicted octanol–water partition coefficient (Wildman–Crippen LogP) is 2.62. The van der Waals surface area contributed by atoms with Crippen LogP contribution in [0, 0.1) is 5.92 Å². The lowest BCUT2D eigenvalue weighted by Crippen LogP contribution is -2.20. The van der Waals surface area contributed by atoms with Crippen molar-refractivity contribution in [3.8, 4) is 0 Å². The molecule has 0 unspecified atom stereocenters. The lowest BCUT2D eigenvalue weighted by Gasteiger charge is -2.23. The Morgan fingerprint density at radius 3 is 2.22 bits per heavy atom. The van der Waals surface area contributed by atoms with Gasteiger partial charge in [-0.1, -0.05) is 19.3 Å². The maximum Gasteiger partial charge on any atom is 0.334 e. The van der Waals surface area contributed by atoms with E-state index >= 15 is 0 Å². The highest BCUT2D eigenvalue weighted by Gasteiger charge is 2.25. The zero-order valence-electron chi connectivity index (χ0n) is 11.2. The van der Waals surface area contributed by atoms with Crippen molar-refractivity contribution >= 4 is 11.9 Å². The van der Waals surface area contributed by atoms with Crippen molar-refractivity contribution in [1.29, 1.82) is 0 Å². The molecule has 1 rings (SSSR count). The van der Waals surface area contributed by atoms with Crippen LogP contribution in [0.25, 0.3) is 0 Å². The molecule has 0 N–H and O–H groups in total. The first-order valence-electron chi connectivity index (χ1n) is 6.74. The van der Waals surface area contributed by atoms with Crippen LogP contribution in [0.15, 0.2) is 11.6 Å². The van der Waals surface area contributed by atoms with Crippen LogP contribution < -0.4 is 0 Å². The molecule has 0 aromatic heterocycles. The van der Waals surface area contributed by atoms with E-state index in [9.17, 15) is 9.59 Å². The lowest BCUT2D eigenvalue weighted by atomic mass is 9.83. The Balaban J connectivity index is 2.79. The minimum atomic E-state index is -0.453. The third-order valence-electron chi connectivity index (χ3n) is 3.12. The predicted molar refractivity (Wildman–Crippen MR) is 67.9 cm³/mol. The number of ether oxygens (including phenoxy) is 2. The second-order valence-corrected chi connectivity index (χ2v) is 4.41. The molecule has 102 valence electrons. The fraction of sp³-hybridized carbons (Fsp3) is 0.714. The van der Waals surface area contributed by atoms with Crippen LogP contribution in [0.1, 0.15) is 46.0 Å². The van der Waals surface area contributed by atoms with Gasteiger partial charge in [-0.15, -0.1) is 0 Å². The molecule has 0 bridgehead atoms. The first-order chi connectivity index (χ1) is 8.69. The van der Waals surface area contributed by atoms with Crippen molar-refractivity contribution in [2.24, 2.45) is 5.92 Å². The van der Waals surface area contributed by atoms with E-state index in [1.807, 2.05) is 0 Å². The Morgan fingerprint density at radius 2 is 1.67 bits per heavy atom. The summed E-state index contributed by atoms with van der Waals surface area (Å²) in [6.07, 6.45) is 6.62. The fourth-order valence-corrected chi connectivity index (χ4v) is 2.28. The molecule has 1 aliphatic carbocycles. The molecule has 0 radical (unpaired) electrons. The average Bonchev–Trinajstić information content (AvgIpc) is 2.37. The molecule has 4 heteroatoms. The topological polar surface area (TPSA) is 52.6 Å². The maximum atomic E-state index is 11.9. The summed E-state index contributed by atoms with van der Waals surface area (Å²) < 4.78 is 9.89. The van der Waals surface area contributed by atoms with E-state index in [0.717, 1.165) is 25.7 Å². The Labute approximate surface area is 108 Å². The van der Waals surface area contributed by atoms with Gasteiger partial charge in [0.05, 0.1) is 13.2 Å². The van der Waals surface area contributed by atoms with E-state index in [4.69, 9.17) is 9.47 Å². The summed E-state index contributed by atoms with van der Waals surface area (Å²) in [5.41, 5.74) is 0.481. The van der Waals surface area contributed by atoms with Crippen molar-refractivity contribution < 1.29 is 19.1 Å². The van der Waals surface area contributed by atoms with Crippen molar-refractivity contribution in [3.05, 3.63) is 11.6 Å². The molecule has 0 amide bonds. The Kier molecular flexibility index (Phi) is 6.47. The monoisotopic (exact) mass is 254 g/mol. The summed E-state index contributed by atoms with van der Waals surface area (Å²) in [6.45, 7) is 4.15.